The number of nitrogens with zero attached hydrogens (tertiary/aromatic N) is 4. The van der Waals surface area contributed by atoms with Crippen molar-refractivity contribution in [3.8, 4) is 0 Å². The molecule has 1 aliphatic heterocycles. The smallest absolute Gasteiger partial charge is 0.269 e. The SMILES string of the molecule is Cc1cc(NC(=O)C2CCN(S(=O)(=O)c3ccc([N+](=O)[O-])cc3)CC2)nn1Cc1cccc(Cl)c1. The van der Waals surface area contributed by atoms with Crippen molar-refractivity contribution >= 4 is 39.0 Å². The number of halogens is 1. The minimum atomic E-state index is -3.79. The predicted octanol–water partition coefficient (Wildman–Crippen LogP) is 3.84. The molecule has 184 valence electrons. The number of anilines is 1. The molecule has 2 aromatic carbocycles. The number of hydrogen-bond donors (Lipinski definition) is 1. The van der Waals surface area contributed by atoms with E-state index in [1.807, 2.05) is 25.1 Å². The lowest BCUT2D eigenvalue weighted by Gasteiger charge is -2.30. The molecule has 12 heteroatoms. The number of nitro groups is 1. The highest BCUT2D eigenvalue weighted by Gasteiger charge is 2.32. The third-order valence-corrected chi connectivity index (χ3v) is 8.11. The molecular weight excluding hydrogens is 494 g/mol. The summed E-state index contributed by atoms with van der Waals surface area (Å²) in [6.07, 6.45) is 0.723. The van der Waals surface area contributed by atoms with E-state index in [1.54, 1.807) is 16.8 Å². The first-order valence-electron chi connectivity index (χ1n) is 11.0. The zero-order chi connectivity index (χ0) is 25.2. The maximum atomic E-state index is 12.9. The molecule has 1 amide bonds. The second-order valence-electron chi connectivity index (χ2n) is 8.38. The largest absolute Gasteiger partial charge is 0.309 e. The van der Waals surface area contributed by atoms with E-state index in [0.717, 1.165) is 11.3 Å². The van der Waals surface area contributed by atoms with E-state index >= 15 is 0 Å². The summed E-state index contributed by atoms with van der Waals surface area (Å²) in [5, 5.41) is 18.8. The lowest BCUT2D eigenvalue weighted by Crippen LogP contribution is -2.41. The van der Waals surface area contributed by atoms with E-state index in [2.05, 4.69) is 10.4 Å². The molecule has 2 heterocycles. The Bertz CT molecular complexity index is 1350. The lowest BCUT2D eigenvalue weighted by molar-refractivity contribution is -0.384. The number of benzene rings is 2. The van der Waals surface area contributed by atoms with Crippen molar-refractivity contribution in [2.45, 2.75) is 31.2 Å². The van der Waals surface area contributed by atoms with Crippen LogP contribution < -0.4 is 5.32 Å². The van der Waals surface area contributed by atoms with Gasteiger partial charge in [-0.15, -0.1) is 0 Å². The maximum absolute atomic E-state index is 12.9. The Kier molecular flexibility index (Phi) is 7.20. The van der Waals surface area contributed by atoms with E-state index in [9.17, 15) is 23.3 Å². The molecule has 0 radical (unpaired) electrons. The van der Waals surface area contributed by atoms with Gasteiger partial charge in [-0.1, -0.05) is 23.7 Å². The van der Waals surface area contributed by atoms with Gasteiger partial charge in [-0.05, 0) is 49.6 Å². The van der Waals surface area contributed by atoms with Crippen molar-refractivity contribution in [3.05, 3.63) is 81.0 Å². The summed E-state index contributed by atoms with van der Waals surface area (Å²) < 4.78 is 28.8. The Morgan fingerprint density at radius 2 is 1.86 bits per heavy atom. The summed E-state index contributed by atoms with van der Waals surface area (Å²) in [4.78, 5) is 23.0. The van der Waals surface area contributed by atoms with Gasteiger partial charge in [0.1, 0.15) is 0 Å². The molecule has 1 aliphatic rings. The number of piperidine rings is 1. The number of carbonyl (C=O) groups excluding carboxylic acids is 1. The van der Waals surface area contributed by atoms with Gasteiger partial charge < -0.3 is 5.32 Å². The Morgan fingerprint density at radius 1 is 1.17 bits per heavy atom. The average molecular weight is 518 g/mol. The number of carbonyl (C=O) groups is 1. The highest BCUT2D eigenvalue weighted by molar-refractivity contribution is 7.89. The molecular formula is C23H24ClN5O5S. The third-order valence-electron chi connectivity index (χ3n) is 5.96. The van der Waals surface area contributed by atoms with Gasteiger partial charge in [-0.3, -0.25) is 19.6 Å². The van der Waals surface area contributed by atoms with Crippen LogP contribution in [0.25, 0.3) is 0 Å². The van der Waals surface area contributed by atoms with Gasteiger partial charge in [0.15, 0.2) is 5.82 Å². The Hall–Kier alpha value is -3.28. The summed E-state index contributed by atoms with van der Waals surface area (Å²) in [7, 11) is -3.79. The molecule has 0 unspecified atom stereocenters. The molecule has 0 spiro atoms. The topological polar surface area (TPSA) is 127 Å². The van der Waals surface area contributed by atoms with Crippen LogP contribution in [0.15, 0.2) is 59.5 Å². The minimum Gasteiger partial charge on any atom is -0.309 e. The molecule has 3 aromatic rings. The van der Waals surface area contributed by atoms with Crippen LogP contribution in [0.5, 0.6) is 0 Å². The summed E-state index contributed by atoms with van der Waals surface area (Å²) in [5.74, 6) is -0.114. The van der Waals surface area contributed by atoms with Crippen LogP contribution in [-0.4, -0.2) is 46.4 Å². The first-order valence-corrected chi connectivity index (χ1v) is 12.8. The number of hydrogen-bond acceptors (Lipinski definition) is 6. The average Bonchev–Trinajstić information content (AvgIpc) is 3.17. The van der Waals surface area contributed by atoms with Crippen LogP contribution in [0.2, 0.25) is 5.02 Å². The van der Waals surface area contributed by atoms with Gasteiger partial charge in [0.2, 0.25) is 15.9 Å². The Morgan fingerprint density at radius 3 is 2.49 bits per heavy atom. The van der Waals surface area contributed by atoms with Crippen molar-refractivity contribution in [2.75, 3.05) is 18.4 Å². The summed E-state index contributed by atoms with van der Waals surface area (Å²) in [6.45, 7) is 2.77. The number of rotatable bonds is 7. The van der Waals surface area contributed by atoms with Gasteiger partial charge >= 0.3 is 0 Å². The maximum Gasteiger partial charge on any atom is 0.269 e. The number of nitrogens with one attached hydrogen (secondary N) is 1. The van der Waals surface area contributed by atoms with Gasteiger partial charge in [0, 0.05) is 47.9 Å². The van der Waals surface area contributed by atoms with E-state index in [4.69, 9.17) is 11.6 Å². The number of nitro benzene ring substituents is 1. The first-order chi connectivity index (χ1) is 16.6. The molecule has 1 fully saturated rings. The molecule has 0 bridgehead atoms. The van der Waals surface area contributed by atoms with Crippen LogP contribution in [0.4, 0.5) is 11.5 Å². The minimum absolute atomic E-state index is 0.00767. The van der Waals surface area contributed by atoms with E-state index < -0.39 is 14.9 Å². The number of sulfonamides is 1. The third kappa shape index (κ3) is 5.69. The molecule has 35 heavy (non-hydrogen) atoms. The fourth-order valence-electron chi connectivity index (χ4n) is 4.02. The van der Waals surface area contributed by atoms with Crippen molar-refractivity contribution in [1.29, 1.82) is 0 Å². The molecule has 0 atom stereocenters. The number of amides is 1. The van der Waals surface area contributed by atoms with E-state index in [-0.39, 0.29) is 35.5 Å². The highest BCUT2D eigenvalue weighted by atomic mass is 35.5. The van der Waals surface area contributed by atoms with E-state index in [1.165, 1.54) is 28.6 Å². The number of aryl methyl sites for hydroxylation is 1. The molecule has 1 N–H and O–H groups in total. The molecule has 1 saturated heterocycles. The van der Waals surface area contributed by atoms with Crippen LogP contribution >= 0.6 is 11.6 Å². The highest BCUT2D eigenvalue weighted by Crippen LogP contribution is 2.26. The Labute approximate surface area is 207 Å². The summed E-state index contributed by atoms with van der Waals surface area (Å²) in [5.41, 5.74) is 1.69. The second kappa shape index (κ2) is 10.1. The van der Waals surface area contributed by atoms with Crippen molar-refractivity contribution in [3.63, 3.8) is 0 Å². The van der Waals surface area contributed by atoms with Gasteiger partial charge in [0.05, 0.1) is 16.4 Å². The van der Waals surface area contributed by atoms with Crippen LogP contribution in [-0.2, 0) is 21.4 Å². The van der Waals surface area contributed by atoms with Crippen LogP contribution in [0.3, 0.4) is 0 Å². The van der Waals surface area contributed by atoms with Crippen molar-refractivity contribution in [2.24, 2.45) is 5.92 Å². The number of non-ortho nitro benzene ring substituents is 1. The van der Waals surface area contributed by atoms with Crippen molar-refractivity contribution in [1.82, 2.24) is 14.1 Å². The molecule has 0 saturated carbocycles. The number of aromatic nitrogens is 2. The quantitative estimate of drug-likeness (QED) is 0.374. The predicted molar refractivity (Wildman–Crippen MR) is 131 cm³/mol. The lowest BCUT2D eigenvalue weighted by atomic mass is 9.97. The zero-order valence-electron chi connectivity index (χ0n) is 18.9. The molecule has 10 nitrogen and oxygen atoms in total. The zero-order valence-corrected chi connectivity index (χ0v) is 20.5. The van der Waals surface area contributed by atoms with Gasteiger partial charge in [-0.2, -0.15) is 9.40 Å². The van der Waals surface area contributed by atoms with Gasteiger partial charge in [-0.25, -0.2) is 8.42 Å². The fourth-order valence-corrected chi connectivity index (χ4v) is 5.70. The second-order valence-corrected chi connectivity index (χ2v) is 10.8. The summed E-state index contributed by atoms with van der Waals surface area (Å²) in [6, 6.07) is 14.1. The van der Waals surface area contributed by atoms with Crippen LogP contribution in [0, 0.1) is 23.0 Å². The first kappa shape index (κ1) is 24.8. The summed E-state index contributed by atoms with van der Waals surface area (Å²) >= 11 is 6.05. The van der Waals surface area contributed by atoms with Crippen molar-refractivity contribution < 1.29 is 18.1 Å². The standard InChI is InChI=1S/C23H24ClN5O5S/c1-16-13-22(26-28(16)15-17-3-2-4-19(24)14-17)25-23(30)18-9-11-27(12-10-18)35(33,34)21-7-5-20(6-8-21)29(31)32/h2-8,13-14,18H,9-12,15H2,1H3,(H,25,26,30). The molecule has 4 rings (SSSR count). The van der Waals surface area contributed by atoms with Gasteiger partial charge in [0.25, 0.3) is 5.69 Å². The molecule has 0 aliphatic carbocycles. The molecule has 1 aromatic heterocycles. The Balaban J connectivity index is 1.35. The fraction of sp³-hybridized carbons (Fsp3) is 0.304. The van der Waals surface area contributed by atoms with E-state index in [0.29, 0.717) is 30.2 Å². The normalized spacial score (nSPS) is 15.1. The monoisotopic (exact) mass is 517 g/mol. The van der Waals surface area contributed by atoms with Crippen LogP contribution in [0.1, 0.15) is 24.1 Å².